The molecule has 2 aromatic carbocycles. The molecule has 0 bridgehead atoms. The van der Waals surface area contributed by atoms with Crippen LogP contribution in [0.3, 0.4) is 0 Å². The first-order chi connectivity index (χ1) is 14.3. The van der Waals surface area contributed by atoms with E-state index < -0.39 is 24.5 Å². The second-order valence-corrected chi connectivity index (χ2v) is 6.63. The Hall–Kier alpha value is -3.59. The molecule has 0 saturated carbocycles. The molecular formula is C20H16ClFN2O6. The van der Waals surface area contributed by atoms with E-state index in [0.717, 1.165) is 5.56 Å². The molecule has 0 unspecified atom stereocenters. The molecule has 3 amide bonds. The van der Waals surface area contributed by atoms with Gasteiger partial charge in [0.25, 0.3) is 5.91 Å². The fourth-order valence-electron chi connectivity index (χ4n) is 2.72. The van der Waals surface area contributed by atoms with Gasteiger partial charge in [-0.05, 0) is 41.5 Å². The molecule has 1 heterocycles. The maximum atomic E-state index is 13.0. The van der Waals surface area contributed by atoms with Crippen LogP contribution in [0.15, 0.2) is 42.1 Å². The van der Waals surface area contributed by atoms with Crippen LogP contribution in [-0.2, 0) is 16.2 Å². The van der Waals surface area contributed by atoms with Crippen molar-refractivity contribution in [3.8, 4) is 11.5 Å². The summed E-state index contributed by atoms with van der Waals surface area (Å²) >= 11 is 6.30. The zero-order chi connectivity index (χ0) is 21.8. The molecule has 1 aliphatic heterocycles. The van der Waals surface area contributed by atoms with Crippen LogP contribution >= 0.6 is 11.6 Å². The number of methoxy groups -OCH3 is 1. The molecular weight excluding hydrogens is 419 g/mol. The number of aliphatic carboxylic acids is 1. The Morgan fingerprint density at radius 1 is 1.27 bits per heavy atom. The van der Waals surface area contributed by atoms with Crippen molar-refractivity contribution in [1.82, 2.24) is 10.2 Å². The number of carbonyl (C=O) groups excluding carboxylic acids is 2. The fourth-order valence-corrected chi connectivity index (χ4v) is 2.99. The average molecular weight is 435 g/mol. The van der Waals surface area contributed by atoms with Gasteiger partial charge in [-0.15, -0.1) is 0 Å². The molecule has 0 aliphatic carbocycles. The third kappa shape index (κ3) is 4.69. The zero-order valence-corrected chi connectivity index (χ0v) is 16.4. The first kappa shape index (κ1) is 21.1. The molecule has 0 atom stereocenters. The minimum absolute atomic E-state index is 0.0978. The Morgan fingerprint density at radius 3 is 2.60 bits per heavy atom. The number of urea groups is 1. The van der Waals surface area contributed by atoms with Gasteiger partial charge in [0.15, 0.2) is 11.5 Å². The number of ether oxygens (including phenoxy) is 2. The van der Waals surface area contributed by atoms with Gasteiger partial charge in [0, 0.05) is 0 Å². The number of amides is 3. The smallest absolute Gasteiger partial charge is 0.329 e. The zero-order valence-electron chi connectivity index (χ0n) is 15.6. The number of benzene rings is 2. The maximum absolute atomic E-state index is 13.0. The Kier molecular flexibility index (Phi) is 6.22. The molecule has 1 saturated heterocycles. The molecule has 3 rings (SSSR count). The minimum atomic E-state index is -1.31. The molecule has 2 N–H and O–H groups in total. The lowest BCUT2D eigenvalue weighted by molar-refractivity contribution is -0.140. The van der Waals surface area contributed by atoms with E-state index in [9.17, 15) is 18.8 Å². The Bertz CT molecular complexity index is 1040. The van der Waals surface area contributed by atoms with Gasteiger partial charge < -0.3 is 19.9 Å². The van der Waals surface area contributed by atoms with Crippen LogP contribution < -0.4 is 14.8 Å². The number of carboxylic acids is 1. The molecule has 30 heavy (non-hydrogen) atoms. The highest BCUT2D eigenvalue weighted by Crippen LogP contribution is 2.37. The SMILES string of the molecule is COc1cc(/C=C2/NC(=O)N(CC(=O)O)C2=O)cc(Cl)c1OCc1ccc(F)cc1. The average Bonchev–Trinajstić information content (AvgIpc) is 2.95. The van der Waals surface area contributed by atoms with E-state index in [4.69, 9.17) is 26.2 Å². The second kappa shape index (κ2) is 8.83. The summed E-state index contributed by atoms with van der Waals surface area (Å²) in [6, 6.07) is 7.98. The summed E-state index contributed by atoms with van der Waals surface area (Å²) in [4.78, 5) is 35.4. The number of hydrogen-bond acceptors (Lipinski definition) is 5. The highest BCUT2D eigenvalue weighted by molar-refractivity contribution is 6.32. The second-order valence-electron chi connectivity index (χ2n) is 6.22. The lowest BCUT2D eigenvalue weighted by Crippen LogP contribution is -2.35. The molecule has 10 heteroatoms. The summed E-state index contributed by atoms with van der Waals surface area (Å²) in [6.45, 7) is -0.627. The predicted molar refractivity (Wildman–Crippen MR) is 105 cm³/mol. The van der Waals surface area contributed by atoms with Crippen LogP contribution in [0.5, 0.6) is 11.5 Å². The molecule has 0 radical (unpaired) electrons. The quantitative estimate of drug-likeness (QED) is 0.512. The van der Waals surface area contributed by atoms with Crippen molar-refractivity contribution in [3.05, 3.63) is 64.1 Å². The van der Waals surface area contributed by atoms with Crippen LogP contribution in [0.2, 0.25) is 5.02 Å². The van der Waals surface area contributed by atoms with E-state index in [2.05, 4.69) is 5.32 Å². The van der Waals surface area contributed by atoms with Crippen molar-refractivity contribution in [2.75, 3.05) is 13.7 Å². The van der Waals surface area contributed by atoms with Crippen LogP contribution in [0.1, 0.15) is 11.1 Å². The Labute approximate surface area is 175 Å². The summed E-state index contributed by atoms with van der Waals surface area (Å²) in [5.41, 5.74) is 1.05. The van der Waals surface area contributed by atoms with Gasteiger partial charge in [-0.25, -0.2) is 14.1 Å². The fraction of sp³-hybridized carbons (Fsp3) is 0.150. The predicted octanol–water partition coefficient (Wildman–Crippen LogP) is 3.04. The van der Waals surface area contributed by atoms with Crippen molar-refractivity contribution < 1.29 is 33.4 Å². The minimum Gasteiger partial charge on any atom is -0.493 e. The number of nitrogens with one attached hydrogen (secondary N) is 1. The molecule has 2 aromatic rings. The number of carboxylic acid groups (broad SMARTS) is 1. The van der Waals surface area contributed by atoms with E-state index in [-0.39, 0.29) is 34.6 Å². The van der Waals surface area contributed by atoms with Gasteiger partial charge in [-0.1, -0.05) is 23.7 Å². The number of imide groups is 1. The topological polar surface area (TPSA) is 105 Å². The van der Waals surface area contributed by atoms with E-state index in [1.807, 2.05) is 0 Å². The Balaban J connectivity index is 1.82. The molecule has 1 fully saturated rings. The highest BCUT2D eigenvalue weighted by atomic mass is 35.5. The lowest BCUT2D eigenvalue weighted by Gasteiger charge is -2.13. The number of carbonyl (C=O) groups is 3. The molecule has 8 nitrogen and oxygen atoms in total. The summed E-state index contributed by atoms with van der Waals surface area (Å²) < 4.78 is 24.0. The third-order valence-corrected chi connectivity index (χ3v) is 4.40. The van der Waals surface area contributed by atoms with Gasteiger partial charge in [0.2, 0.25) is 0 Å². The maximum Gasteiger partial charge on any atom is 0.329 e. The van der Waals surface area contributed by atoms with Crippen molar-refractivity contribution >= 4 is 35.6 Å². The monoisotopic (exact) mass is 434 g/mol. The Morgan fingerprint density at radius 2 is 1.97 bits per heavy atom. The van der Waals surface area contributed by atoms with Gasteiger partial charge in [-0.2, -0.15) is 0 Å². The largest absolute Gasteiger partial charge is 0.493 e. The molecule has 0 spiro atoms. The lowest BCUT2D eigenvalue weighted by atomic mass is 10.1. The van der Waals surface area contributed by atoms with E-state index in [0.29, 0.717) is 10.5 Å². The normalized spacial score (nSPS) is 14.8. The summed E-state index contributed by atoms with van der Waals surface area (Å²) in [5.74, 6) is -1.92. The van der Waals surface area contributed by atoms with Gasteiger partial charge >= 0.3 is 12.0 Å². The molecule has 1 aliphatic rings. The van der Waals surface area contributed by atoms with Crippen LogP contribution in [-0.4, -0.2) is 41.6 Å². The van der Waals surface area contributed by atoms with Crippen molar-refractivity contribution in [2.45, 2.75) is 6.61 Å². The molecule has 0 aromatic heterocycles. The van der Waals surface area contributed by atoms with Crippen molar-refractivity contribution in [2.24, 2.45) is 0 Å². The highest BCUT2D eigenvalue weighted by Gasteiger charge is 2.34. The van der Waals surface area contributed by atoms with Gasteiger partial charge in [-0.3, -0.25) is 9.59 Å². The summed E-state index contributed by atoms with van der Waals surface area (Å²) in [6.07, 6.45) is 1.35. The van der Waals surface area contributed by atoms with Crippen molar-refractivity contribution in [1.29, 1.82) is 0 Å². The summed E-state index contributed by atoms with van der Waals surface area (Å²) in [7, 11) is 1.41. The van der Waals surface area contributed by atoms with Crippen LogP contribution in [0.25, 0.3) is 6.08 Å². The van der Waals surface area contributed by atoms with Crippen molar-refractivity contribution in [3.63, 3.8) is 0 Å². The van der Waals surface area contributed by atoms with Gasteiger partial charge in [0.05, 0.1) is 12.1 Å². The standard InChI is InChI=1S/C20H16ClFN2O6/c1-29-16-8-12(7-15-19(27)24(9-17(25)26)20(28)23-15)6-14(21)18(16)30-10-11-2-4-13(22)5-3-11/h2-8H,9-10H2,1H3,(H,23,28)(H,25,26)/b15-7+. The number of halogens is 2. The first-order valence-electron chi connectivity index (χ1n) is 8.59. The van der Waals surface area contributed by atoms with Crippen LogP contribution in [0.4, 0.5) is 9.18 Å². The van der Waals surface area contributed by atoms with E-state index in [1.54, 1.807) is 12.1 Å². The summed E-state index contributed by atoms with van der Waals surface area (Å²) in [5, 5.41) is 11.3. The van der Waals surface area contributed by atoms with E-state index in [1.165, 1.54) is 37.5 Å². The first-order valence-corrected chi connectivity index (χ1v) is 8.97. The van der Waals surface area contributed by atoms with Gasteiger partial charge in [0.1, 0.15) is 24.7 Å². The number of hydrogen-bond donors (Lipinski definition) is 2. The van der Waals surface area contributed by atoms with E-state index >= 15 is 0 Å². The van der Waals surface area contributed by atoms with Crippen LogP contribution in [0, 0.1) is 5.82 Å². The molecule has 156 valence electrons. The number of nitrogens with zero attached hydrogens (tertiary/aromatic N) is 1. The third-order valence-electron chi connectivity index (χ3n) is 4.11. The number of rotatable bonds is 7.